The van der Waals surface area contributed by atoms with Gasteiger partial charge in [0.1, 0.15) is 11.7 Å². The van der Waals surface area contributed by atoms with Crippen LogP contribution < -0.4 is 15.8 Å². The van der Waals surface area contributed by atoms with Crippen LogP contribution in [-0.4, -0.2) is 29.9 Å². The molecule has 1 atom stereocenters. The van der Waals surface area contributed by atoms with Crippen LogP contribution in [-0.2, 0) is 22.5 Å². The van der Waals surface area contributed by atoms with Crippen molar-refractivity contribution in [1.82, 2.24) is 10.3 Å². The van der Waals surface area contributed by atoms with Gasteiger partial charge in [-0.25, -0.2) is 8.78 Å². The lowest BCUT2D eigenvalue weighted by Crippen LogP contribution is -2.32. The minimum absolute atomic E-state index is 0. The number of carbonyl (C=O) groups excluding carboxylic acids is 1. The third kappa shape index (κ3) is 8.15. The number of carbonyl (C=O) groups is 1. The van der Waals surface area contributed by atoms with E-state index in [0.29, 0.717) is 12.0 Å². The molecule has 0 radical (unpaired) electrons. The zero-order valence-electron chi connectivity index (χ0n) is 19.5. The summed E-state index contributed by atoms with van der Waals surface area (Å²) in [5.74, 6) is -2.83. The average molecular weight is 541 g/mol. The third-order valence-corrected chi connectivity index (χ3v) is 5.00. The number of halogens is 4. The number of rotatable bonds is 11. The van der Waals surface area contributed by atoms with Gasteiger partial charge in [0.05, 0.1) is 12.2 Å². The van der Waals surface area contributed by atoms with Gasteiger partial charge < -0.3 is 20.5 Å². The highest BCUT2D eigenvalue weighted by molar-refractivity contribution is 5.94. The van der Waals surface area contributed by atoms with E-state index in [0.717, 1.165) is 17.3 Å². The van der Waals surface area contributed by atoms with Crippen molar-refractivity contribution in [1.29, 1.82) is 5.41 Å². The minimum atomic E-state index is -1.50. The van der Waals surface area contributed by atoms with Crippen LogP contribution in [0.4, 0.5) is 8.78 Å². The van der Waals surface area contributed by atoms with Crippen molar-refractivity contribution >= 4 is 36.6 Å². The molecule has 0 fully saturated rings. The summed E-state index contributed by atoms with van der Waals surface area (Å²) < 4.78 is 40.8. The summed E-state index contributed by atoms with van der Waals surface area (Å²) in [5, 5.41) is 10.1. The summed E-state index contributed by atoms with van der Waals surface area (Å²) in [6.45, 7) is 1.92. The van der Waals surface area contributed by atoms with Crippen molar-refractivity contribution in [2.24, 2.45) is 5.73 Å². The number of aromatic nitrogens is 1. The molecule has 3 rings (SSSR count). The Morgan fingerprint density at radius 1 is 1.11 bits per heavy atom. The molecule has 0 saturated carbocycles. The van der Waals surface area contributed by atoms with E-state index in [4.69, 9.17) is 20.6 Å². The first kappa shape index (κ1) is 30.8. The zero-order chi connectivity index (χ0) is 24.5. The molecule has 2 aromatic carbocycles. The molecule has 36 heavy (non-hydrogen) atoms. The molecular formula is C25H28Cl2F2N4O3. The Labute approximate surface area is 220 Å². The van der Waals surface area contributed by atoms with Gasteiger partial charge in [-0.1, -0.05) is 30.3 Å². The summed E-state index contributed by atoms with van der Waals surface area (Å²) in [5.41, 5.74) is 6.97. The van der Waals surface area contributed by atoms with Crippen LogP contribution in [0, 0.1) is 17.0 Å². The molecule has 0 spiro atoms. The highest BCUT2D eigenvalue weighted by Crippen LogP contribution is 2.30. The van der Waals surface area contributed by atoms with Gasteiger partial charge >= 0.3 is 0 Å². The molecule has 7 nitrogen and oxygen atoms in total. The van der Waals surface area contributed by atoms with Gasteiger partial charge in [0, 0.05) is 37.0 Å². The molecule has 0 saturated heterocycles. The molecule has 0 aliphatic rings. The highest BCUT2D eigenvalue weighted by atomic mass is 35.5. The molecule has 0 bridgehead atoms. The Bertz CT molecular complexity index is 1140. The zero-order valence-corrected chi connectivity index (χ0v) is 21.1. The Balaban J connectivity index is 0.00000324. The smallest absolute Gasteiger partial charge is 0.254 e. The third-order valence-electron chi connectivity index (χ3n) is 5.00. The van der Waals surface area contributed by atoms with E-state index in [1.165, 1.54) is 6.07 Å². The van der Waals surface area contributed by atoms with Crippen molar-refractivity contribution in [3.63, 3.8) is 0 Å². The van der Waals surface area contributed by atoms with E-state index >= 15 is 4.39 Å². The summed E-state index contributed by atoms with van der Waals surface area (Å²) in [4.78, 5) is 17.0. The number of nitrogens with zero attached hydrogens (tertiary/aromatic N) is 1. The molecule has 3 aromatic rings. The molecule has 0 aliphatic heterocycles. The van der Waals surface area contributed by atoms with E-state index in [1.807, 2.05) is 12.1 Å². The van der Waals surface area contributed by atoms with E-state index in [9.17, 15) is 9.18 Å². The predicted molar refractivity (Wildman–Crippen MR) is 138 cm³/mol. The van der Waals surface area contributed by atoms with Gasteiger partial charge in [0.15, 0.2) is 17.7 Å². The number of nitrogen functional groups attached to an aromatic ring is 1. The number of ether oxygens (including phenoxy) is 2. The monoisotopic (exact) mass is 540 g/mol. The van der Waals surface area contributed by atoms with Crippen LogP contribution in [0.5, 0.6) is 5.75 Å². The van der Waals surface area contributed by atoms with Crippen LogP contribution in [0.2, 0.25) is 0 Å². The second-order valence-electron chi connectivity index (χ2n) is 7.36. The van der Waals surface area contributed by atoms with Crippen molar-refractivity contribution in [3.05, 3.63) is 94.8 Å². The molecule has 1 heterocycles. The fourth-order valence-corrected chi connectivity index (χ4v) is 3.25. The Morgan fingerprint density at radius 3 is 2.44 bits per heavy atom. The second-order valence-corrected chi connectivity index (χ2v) is 7.36. The highest BCUT2D eigenvalue weighted by Gasteiger charge is 2.29. The van der Waals surface area contributed by atoms with Crippen molar-refractivity contribution in [3.8, 4) is 5.75 Å². The first-order valence-corrected chi connectivity index (χ1v) is 10.7. The normalized spacial score (nSPS) is 11.0. The number of pyridine rings is 1. The van der Waals surface area contributed by atoms with Gasteiger partial charge in [0.25, 0.3) is 5.91 Å². The largest absolute Gasteiger partial charge is 0.490 e. The number of benzene rings is 2. The van der Waals surface area contributed by atoms with Crippen LogP contribution in [0.3, 0.4) is 0 Å². The summed E-state index contributed by atoms with van der Waals surface area (Å²) >= 11 is 0. The van der Waals surface area contributed by atoms with Crippen molar-refractivity contribution in [2.45, 2.75) is 26.0 Å². The van der Waals surface area contributed by atoms with Crippen molar-refractivity contribution in [2.75, 3.05) is 13.2 Å². The molecule has 194 valence electrons. The first-order valence-electron chi connectivity index (χ1n) is 10.7. The Morgan fingerprint density at radius 2 is 1.83 bits per heavy atom. The quantitative estimate of drug-likeness (QED) is 0.245. The molecule has 1 aromatic heterocycles. The maximum Gasteiger partial charge on any atom is 0.254 e. The Kier molecular flexibility index (Phi) is 12.8. The van der Waals surface area contributed by atoms with E-state index in [-0.39, 0.29) is 56.2 Å². The SMILES string of the molecule is CCOC(C(=O)NCc1ccc(C(=N)N)cc1)c1c(F)ccc(OCCc2ccccn2)c1F.Cl.Cl. The van der Waals surface area contributed by atoms with Gasteiger partial charge in [-0.05, 0) is 36.8 Å². The average Bonchev–Trinajstić information content (AvgIpc) is 2.84. The summed E-state index contributed by atoms with van der Waals surface area (Å²) in [6.07, 6.45) is 0.584. The molecule has 1 unspecified atom stereocenters. The van der Waals surface area contributed by atoms with Crippen molar-refractivity contribution < 1.29 is 23.0 Å². The van der Waals surface area contributed by atoms with Crippen LogP contribution in [0.15, 0.2) is 60.8 Å². The fraction of sp³-hybridized carbons (Fsp3) is 0.240. The maximum absolute atomic E-state index is 15.2. The number of hydrogen-bond acceptors (Lipinski definition) is 5. The van der Waals surface area contributed by atoms with Crippen LogP contribution in [0.25, 0.3) is 0 Å². The van der Waals surface area contributed by atoms with Gasteiger partial charge in [0.2, 0.25) is 0 Å². The summed E-state index contributed by atoms with van der Waals surface area (Å²) in [6, 6.07) is 14.4. The molecule has 1 amide bonds. The topological polar surface area (TPSA) is 110 Å². The number of hydrogen-bond donors (Lipinski definition) is 3. The summed E-state index contributed by atoms with van der Waals surface area (Å²) in [7, 11) is 0. The molecular weight excluding hydrogens is 513 g/mol. The number of nitrogens with one attached hydrogen (secondary N) is 2. The minimum Gasteiger partial charge on any atom is -0.490 e. The van der Waals surface area contributed by atoms with E-state index in [1.54, 1.807) is 43.5 Å². The van der Waals surface area contributed by atoms with Gasteiger partial charge in [-0.3, -0.25) is 15.2 Å². The molecule has 0 aliphatic carbocycles. The molecule has 11 heteroatoms. The lowest BCUT2D eigenvalue weighted by atomic mass is 10.1. The maximum atomic E-state index is 15.2. The predicted octanol–water partition coefficient (Wildman–Crippen LogP) is 4.50. The number of nitrogens with two attached hydrogens (primary N) is 1. The lowest BCUT2D eigenvalue weighted by molar-refractivity contribution is -0.133. The van der Waals surface area contributed by atoms with Gasteiger partial charge in [-0.2, -0.15) is 0 Å². The standard InChI is InChI=1S/C25H26F2N4O3.2ClH/c1-2-33-23(25(32)31-15-16-6-8-17(9-7-16)24(28)29)21-19(26)10-11-20(22(21)27)34-14-12-18-5-3-4-13-30-18;;/h3-11,13,23H,2,12,14-15H2,1H3,(H3,28,29)(H,31,32);2*1H. The van der Waals surface area contributed by atoms with Gasteiger partial charge in [-0.15, -0.1) is 24.8 Å². The lowest BCUT2D eigenvalue weighted by Gasteiger charge is -2.20. The fourth-order valence-electron chi connectivity index (χ4n) is 3.25. The van der Waals surface area contributed by atoms with E-state index < -0.39 is 29.2 Å². The number of amidine groups is 1. The Hall–Kier alpha value is -3.27. The van der Waals surface area contributed by atoms with Crippen LogP contribution >= 0.6 is 24.8 Å². The van der Waals surface area contributed by atoms with Crippen LogP contribution in [0.1, 0.15) is 35.4 Å². The first-order chi connectivity index (χ1) is 16.4. The van der Waals surface area contributed by atoms with E-state index in [2.05, 4.69) is 10.3 Å². The second kappa shape index (κ2) is 15.0. The number of amides is 1. The molecule has 4 N–H and O–H groups in total.